The number of benzene rings is 2. The number of imidazole rings is 1. The maximum atomic E-state index is 12.1. The number of hydrogen-bond acceptors (Lipinski definition) is 3. The van der Waals surface area contributed by atoms with Gasteiger partial charge in [-0.1, -0.05) is 54.6 Å². The molecule has 3 aromatic rings. The van der Waals surface area contributed by atoms with Gasteiger partial charge in [-0.2, -0.15) is 0 Å². The van der Waals surface area contributed by atoms with Crippen LogP contribution in [0.3, 0.4) is 0 Å². The lowest BCUT2D eigenvalue weighted by Gasteiger charge is -2.29. The quantitative estimate of drug-likeness (QED) is 0.762. The van der Waals surface area contributed by atoms with Crippen LogP contribution in [0, 0.1) is 0 Å². The van der Waals surface area contributed by atoms with Crippen LogP contribution >= 0.6 is 0 Å². The molecule has 1 unspecified atom stereocenters. The molecule has 26 heavy (non-hydrogen) atoms. The third-order valence-corrected chi connectivity index (χ3v) is 4.84. The Morgan fingerprint density at radius 2 is 1.73 bits per heavy atom. The fourth-order valence-electron chi connectivity index (χ4n) is 3.37. The van der Waals surface area contributed by atoms with E-state index < -0.39 is 0 Å². The first-order chi connectivity index (χ1) is 12.7. The zero-order valence-corrected chi connectivity index (χ0v) is 14.6. The first-order valence-corrected chi connectivity index (χ1v) is 8.95. The molecule has 0 bridgehead atoms. The van der Waals surface area contributed by atoms with Crippen molar-refractivity contribution in [2.75, 3.05) is 6.54 Å². The number of H-pyrrole nitrogens is 1. The molecule has 3 N–H and O–H groups in total. The van der Waals surface area contributed by atoms with E-state index in [1.54, 1.807) is 4.90 Å². The normalized spacial score (nSPS) is 17.5. The fraction of sp³-hybridized carbons (Fsp3) is 0.238. The summed E-state index contributed by atoms with van der Waals surface area (Å²) in [7, 11) is 0. The minimum atomic E-state index is -0.372. The van der Waals surface area contributed by atoms with Gasteiger partial charge in [-0.15, -0.1) is 0 Å². The Morgan fingerprint density at radius 1 is 1.04 bits per heavy atom. The van der Waals surface area contributed by atoms with Crippen molar-refractivity contribution >= 4 is 5.91 Å². The summed E-state index contributed by atoms with van der Waals surface area (Å²) in [4.78, 5) is 21.7. The van der Waals surface area contributed by atoms with E-state index >= 15 is 0 Å². The molecule has 1 atom stereocenters. The molecule has 1 aromatic heterocycles. The third kappa shape index (κ3) is 3.39. The van der Waals surface area contributed by atoms with Crippen molar-refractivity contribution in [1.29, 1.82) is 0 Å². The number of hydrogen-bond donors (Lipinski definition) is 2. The van der Waals surface area contributed by atoms with Crippen molar-refractivity contribution in [3.63, 3.8) is 0 Å². The number of rotatable bonds is 4. The predicted molar refractivity (Wildman–Crippen MR) is 102 cm³/mol. The van der Waals surface area contributed by atoms with Gasteiger partial charge in [-0.05, 0) is 29.5 Å². The van der Waals surface area contributed by atoms with E-state index in [0.29, 0.717) is 6.54 Å². The Hall–Kier alpha value is -2.92. The van der Waals surface area contributed by atoms with Gasteiger partial charge in [0.25, 0.3) is 0 Å². The number of piperidine rings is 1. The summed E-state index contributed by atoms with van der Waals surface area (Å²) in [5.74, 6) is 0.802. The molecule has 1 amide bonds. The topological polar surface area (TPSA) is 75.0 Å². The van der Waals surface area contributed by atoms with Gasteiger partial charge in [-0.25, -0.2) is 4.98 Å². The molecule has 2 heterocycles. The van der Waals surface area contributed by atoms with Gasteiger partial charge < -0.3 is 15.6 Å². The number of nitrogens with two attached hydrogens (primary N) is 1. The van der Waals surface area contributed by atoms with Crippen LogP contribution in [0.25, 0.3) is 22.4 Å². The van der Waals surface area contributed by atoms with E-state index in [-0.39, 0.29) is 11.9 Å². The molecule has 1 fully saturated rings. The van der Waals surface area contributed by atoms with E-state index in [0.717, 1.165) is 36.5 Å². The number of nitrogens with zero attached hydrogens (tertiary/aromatic N) is 2. The first kappa shape index (κ1) is 16.5. The van der Waals surface area contributed by atoms with Gasteiger partial charge in [0.15, 0.2) is 0 Å². The molecule has 4 rings (SSSR count). The predicted octanol–water partition coefficient (Wildman–Crippen LogP) is 3.19. The molecule has 5 nitrogen and oxygen atoms in total. The van der Waals surface area contributed by atoms with E-state index in [2.05, 4.69) is 46.4 Å². The Morgan fingerprint density at radius 3 is 2.50 bits per heavy atom. The van der Waals surface area contributed by atoms with Gasteiger partial charge in [-0.3, -0.25) is 4.79 Å². The van der Waals surface area contributed by atoms with Gasteiger partial charge in [0, 0.05) is 6.54 Å². The third-order valence-electron chi connectivity index (χ3n) is 4.84. The van der Waals surface area contributed by atoms with Crippen LogP contribution in [0.4, 0.5) is 0 Å². The summed E-state index contributed by atoms with van der Waals surface area (Å²) >= 11 is 0. The molecule has 5 heteroatoms. The zero-order valence-electron chi connectivity index (χ0n) is 14.6. The van der Waals surface area contributed by atoms with Crippen molar-refractivity contribution in [3.05, 3.63) is 66.6 Å². The molecule has 132 valence electrons. The van der Waals surface area contributed by atoms with Crippen molar-refractivity contribution in [3.8, 4) is 22.4 Å². The number of nitrogens with one attached hydrogen (secondary N) is 1. The molecule has 1 aliphatic heterocycles. The van der Waals surface area contributed by atoms with Crippen LogP contribution in [0.2, 0.25) is 0 Å². The van der Waals surface area contributed by atoms with E-state index in [1.165, 1.54) is 11.1 Å². The molecular formula is C21H22N4O. The Bertz CT molecular complexity index is 886. The lowest BCUT2D eigenvalue weighted by atomic mass is 10.0. The summed E-state index contributed by atoms with van der Waals surface area (Å²) in [6.07, 6.45) is 3.54. The highest BCUT2D eigenvalue weighted by molar-refractivity contribution is 5.82. The Balaban J connectivity index is 1.48. The number of aromatic amines is 1. The van der Waals surface area contributed by atoms with Crippen molar-refractivity contribution in [2.45, 2.75) is 25.4 Å². The van der Waals surface area contributed by atoms with Crippen molar-refractivity contribution < 1.29 is 4.79 Å². The van der Waals surface area contributed by atoms with Crippen LogP contribution in [-0.2, 0) is 11.3 Å². The molecule has 2 aromatic carbocycles. The summed E-state index contributed by atoms with van der Waals surface area (Å²) in [5.41, 5.74) is 10.3. The van der Waals surface area contributed by atoms with Crippen LogP contribution in [0.15, 0.2) is 60.8 Å². The molecule has 0 aliphatic carbocycles. The van der Waals surface area contributed by atoms with Crippen LogP contribution in [0.1, 0.15) is 18.7 Å². The Kier molecular flexibility index (Phi) is 4.54. The highest BCUT2D eigenvalue weighted by Gasteiger charge is 2.26. The van der Waals surface area contributed by atoms with Crippen LogP contribution in [-0.4, -0.2) is 33.4 Å². The standard InChI is InChI=1S/C21H22N4O/c22-18-7-4-12-25(21(18)26)14-20-23-13-19(24-20)17-10-8-16(9-11-17)15-5-2-1-3-6-15/h1-3,5-6,8-11,13,18H,4,7,12,14,22H2,(H,23,24). The molecule has 0 radical (unpaired) electrons. The van der Waals surface area contributed by atoms with Gasteiger partial charge in [0.2, 0.25) is 5.91 Å². The number of carbonyl (C=O) groups is 1. The second-order valence-electron chi connectivity index (χ2n) is 6.70. The molecule has 1 saturated heterocycles. The lowest BCUT2D eigenvalue weighted by Crippen LogP contribution is -2.47. The summed E-state index contributed by atoms with van der Waals surface area (Å²) < 4.78 is 0. The maximum absolute atomic E-state index is 12.1. The maximum Gasteiger partial charge on any atom is 0.239 e. The number of carbonyl (C=O) groups excluding carboxylic acids is 1. The van der Waals surface area contributed by atoms with Gasteiger partial charge in [0.05, 0.1) is 24.5 Å². The SMILES string of the molecule is NC1CCCN(Cc2ncc(-c3ccc(-c4ccccc4)cc3)[nH]2)C1=O. The zero-order chi connectivity index (χ0) is 17.9. The minimum absolute atomic E-state index is 0.0152. The summed E-state index contributed by atoms with van der Waals surface area (Å²) in [6, 6.07) is 18.3. The molecule has 1 aliphatic rings. The van der Waals surface area contributed by atoms with E-state index in [9.17, 15) is 4.79 Å². The molecular weight excluding hydrogens is 324 g/mol. The second-order valence-corrected chi connectivity index (χ2v) is 6.70. The number of amides is 1. The minimum Gasteiger partial charge on any atom is -0.341 e. The van der Waals surface area contributed by atoms with E-state index in [4.69, 9.17) is 5.73 Å². The van der Waals surface area contributed by atoms with Gasteiger partial charge >= 0.3 is 0 Å². The smallest absolute Gasteiger partial charge is 0.239 e. The average molecular weight is 346 g/mol. The lowest BCUT2D eigenvalue weighted by molar-refractivity contribution is -0.135. The highest BCUT2D eigenvalue weighted by Crippen LogP contribution is 2.24. The van der Waals surface area contributed by atoms with Crippen LogP contribution < -0.4 is 5.73 Å². The highest BCUT2D eigenvalue weighted by atomic mass is 16.2. The number of aromatic nitrogens is 2. The van der Waals surface area contributed by atoms with Crippen LogP contribution in [0.5, 0.6) is 0 Å². The summed E-state index contributed by atoms with van der Waals surface area (Å²) in [5, 5.41) is 0. The first-order valence-electron chi connectivity index (χ1n) is 8.95. The molecule has 0 saturated carbocycles. The molecule has 0 spiro atoms. The monoisotopic (exact) mass is 346 g/mol. The second kappa shape index (κ2) is 7.14. The largest absolute Gasteiger partial charge is 0.341 e. The van der Waals surface area contributed by atoms with Gasteiger partial charge in [0.1, 0.15) is 5.82 Å². The Labute approximate surface area is 152 Å². The number of likely N-dealkylation sites (tertiary alicyclic amines) is 1. The van der Waals surface area contributed by atoms with Crippen molar-refractivity contribution in [1.82, 2.24) is 14.9 Å². The average Bonchev–Trinajstić information content (AvgIpc) is 3.15. The fourth-order valence-corrected chi connectivity index (χ4v) is 3.37. The van der Waals surface area contributed by atoms with Crippen molar-refractivity contribution in [2.24, 2.45) is 5.73 Å². The summed E-state index contributed by atoms with van der Waals surface area (Å²) in [6.45, 7) is 1.23. The van der Waals surface area contributed by atoms with E-state index in [1.807, 2.05) is 24.4 Å².